The lowest BCUT2D eigenvalue weighted by molar-refractivity contribution is -0.128. The van der Waals surface area contributed by atoms with Crippen LogP contribution >= 0.6 is 0 Å². The summed E-state index contributed by atoms with van der Waals surface area (Å²) >= 11 is 0. The summed E-state index contributed by atoms with van der Waals surface area (Å²) in [6.45, 7) is 3.88. The summed E-state index contributed by atoms with van der Waals surface area (Å²) in [4.78, 5) is 29.2. The first-order chi connectivity index (χ1) is 11.1. The summed E-state index contributed by atoms with van der Waals surface area (Å²) in [5, 5.41) is 0.716. The van der Waals surface area contributed by atoms with Gasteiger partial charge in [-0.05, 0) is 37.0 Å². The highest BCUT2D eigenvalue weighted by atomic mass is 16.5. The van der Waals surface area contributed by atoms with Gasteiger partial charge < -0.3 is 14.6 Å². The van der Waals surface area contributed by atoms with Crippen molar-refractivity contribution in [2.75, 3.05) is 26.8 Å². The number of aromatic amines is 1. The van der Waals surface area contributed by atoms with Crippen LogP contribution in [-0.4, -0.2) is 42.6 Å². The predicted octanol–water partition coefficient (Wildman–Crippen LogP) is 1.87. The number of nitrogens with one attached hydrogen (secondary N) is 1. The molecule has 2 heterocycles. The molecule has 1 aromatic heterocycles. The fourth-order valence-electron chi connectivity index (χ4n) is 3.30. The van der Waals surface area contributed by atoms with Crippen molar-refractivity contribution in [1.29, 1.82) is 0 Å². The summed E-state index contributed by atoms with van der Waals surface area (Å²) in [5.74, 6) is 0.502. The second-order valence-corrected chi connectivity index (χ2v) is 6.30. The van der Waals surface area contributed by atoms with Gasteiger partial charge in [0, 0.05) is 49.3 Å². The molecule has 23 heavy (non-hydrogen) atoms. The van der Waals surface area contributed by atoms with Crippen molar-refractivity contribution in [3.63, 3.8) is 0 Å². The van der Waals surface area contributed by atoms with E-state index in [0.717, 1.165) is 29.7 Å². The molecule has 0 unspecified atom stereocenters. The molecule has 1 N–H and O–H groups in total. The standard InChI is InChI=1S/C18H22N2O3/c1-12-7-17(21)15-9-13(3-4-16(15)19-12)8-14-10-18(22)20(11-14)5-6-23-2/h3-4,7,9,14H,5-6,8,10-11H2,1-2H3,(H,19,21)/t14-/m0/s1. The van der Waals surface area contributed by atoms with Crippen LogP contribution in [0.1, 0.15) is 17.7 Å². The lowest BCUT2D eigenvalue weighted by atomic mass is 9.97. The third-order valence-electron chi connectivity index (χ3n) is 4.41. The van der Waals surface area contributed by atoms with Crippen molar-refractivity contribution < 1.29 is 9.53 Å². The van der Waals surface area contributed by atoms with E-state index in [2.05, 4.69) is 4.98 Å². The maximum Gasteiger partial charge on any atom is 0.223 e. The van der Waals surface area contributed by atoms with Gasteiger partial charge in [0.15, 0.2) is 5.43 Å². The summed E-state index contributed by atoms with van der Waals surface area (Å²) in [7, 11) is 1.65. The Bertz CT molecular complexity index is 781. The molecular formula is C18H22N2O3. The molecule has 0 aliphatic carbocycles. The number of H-pyrrole nitrogens is 1. The lowest BCUT2D eigenvalue weighted by Crippen LogP contribution is -2.28. The number of amides is 1. The summed E-state index contributed by atoms with van der Waals surface area (Å²) in [6.07, 6.45) is 1.39. The molecule has 3 rings (SSSR count). The number of benzene rings is 1. The topological polar surface area (TPSA) is 62.4 Å². The molecule has 1 aromatic carbocycles. The second kappa shape index (κ2) is 6.54. The molecule has 0 radical (unpaired) electrons. The van der Waals surface area contributed by atoms with Gasteiger partial charge in [-0.3, -0.25) is 9.59 Å². The van der Waals surface area contributed by atoms with Crippen molar-refractivity contribution >= 4 is 16.8 Å². The molecule has 1 aliphatic rings. The van der Waals surface area contributed by atoms with Crippen LogP contribution in [0.3, 0.4) is 0 Å². The number of pyridine rings is 1. The van der Waals surface area contributed by atoms with Crippen LogP contribution in [0.4, 0.5) is 0 Å². The summed E-state index contributed by atoms with van der Waals surface area (Å²) < 4.78 is 5.04. The molecular weight excluding hydrogens is 292 g/mol. The fraction of sp³-hybridized carbons (Fsp3) is 0.444. The molecule has 122 valence electrons. The number of fused-ring (bicyclic) bond motifs is 1. The minimum absolute atomic E-state index is 0.0438. The SMILES string of the molecule is COCCN1C[C@@H](Cc2ccc3[nH]c(C)cc(=O)c3c2)CC1=O. The zero-order valence-electron chi connectivity index (χ0n) is 13.6. The quantitative estimate of drug-likeness (QED) is 0.916. The molecule has 1 amide bonds. The van der Waals surface area contributed by atoms with Gasteiger partial charge in [0.05, 0.1) is 6.61 Å². The minimum Gasteiger partial charge on any atom is -0.383 e. The number of hydrogen-bond donors (Lipinski definition) is 1. The monoisotopic (exact) mass is 314 g/mol. The molecule has 1 aliphatic heterocycles. The normalized spacial score (nSPS) is 18.1. The Morgan fingerprint density at radius 3 is 2.91 bits per heavy atom. The number of nitrogens with zero attached hydrogens (tertiary/aromatic N) is 1. The maximum absolute atomic E-state index is 12.1. The van der Waals surface area contributed by atoms with Crippen LogP contribution < -0.4 is 5.43 Å². The number of carbonyl (C=O) groups excluding carboxylic acids is 1. The van der Waals surface area contributed by atoms with E-state index < -0.39 is 0 Å². The number of ether oxygens (including phenoxy) is 1. The first kappa shape index (κ1) is 15.7. The molecule has 2 aromatic rings. The van der Waals surface area contributed by atoms with Crippen LogP contribution in [0.5, 0.6) is 0 Å². The van der Waals surface area contributed by atoms with Gasteiger partial charge in [-0.1, -0.05) is 6.07 Å². The third-order valence-corrected chi connectivity index (χ3v) is 4.41. The summed E-state index contributed by atoms with van der Waals surface area (Å²) in [5.41, 5.74) is 2.88. The third kappa shape index (κ3) is 3.45. The van der Waals surface area contributed by atoms with Gasteiger partial charge in [-0.2, -0.15) is 0 Å². The fourth-order valence-corrected chi connectivity index (χ4v) is 3.30. The number of carbonyl (C=O) groups is 1. The van der Waals surface area contributed by atoms with Crippen LogP contribution in [0.25, 0.3) is 10.9 Å². The molecule has 1 saturated heterocycles. The Labute approximate surface area is 135 Å². The largest absolute Gasteiger partial charge is 0.383 e. The zero-order valence-corrected chi connectivity index (χ0v) is 13.6. The van der Waals surface area contributed by atoms with Crippen molar-refractivity contribution in [2.24, 2.45) is 5.92 Å². The van der Waals surface area contributed by atoms with E-state index in [1.165, 1.54) is 0 Å². The number of likely N-dealkylation sites (tertiary alicyclic amines) is 1. The number of aromatic nitrogens is 1. The number of aryl methyl sites for hydroxylation is 1. The van der Waals surface area contributed by atoms with Gasteiger partial charge in [0.25, 0.3) is 0 Å². The molecule has 0 spiro atoms. The lowest BCUT2D eigenvalue weighted by Gasteiger charge is -2.16. The minimum atomic E-state index is 0.0438. The van der Waals surface area contributed by atoms with Crippen LogP contribution in [0, 0.1) is 12.8 Å². The van der Waals surface area contributed by atoms with E-state index in [1.54, 1.807) is 13.2 Å². The first-order valence-electron chi connectivity index (χ1n) is 7.96. The Morgan fingerprint density at radius 1 is 1.30 bits per heavy atom. The van der Waals surface area contributed by atoms with Crippen molar-refractivity contribution in [3.05, 3.63) is 45.7 Å². The average Bonchev–Trinajstić information content (AvgIpc) is 2.85. The molecule has 0 bridgehead atoms. The van der Waals surface area contributed by atoms with Crippen LogP contribution in [0.15, 0.2) is 29.1 Å². The predicted molar refractivity (Wildman–Crippen MR) is 89.6 cm³/mol. The average molecular weight is 314 g/mol. The molecule has 1 atom stereocenters. The molecule has 5 nitrogen and oxygen atoms in total. The number of methoxy groups -OCH3 is 1. The van der Waals surface area contributed by atoms with Gasteiger partial charge in [-0.15, -0.1) is 0 Å². The Morgan fingerprint density at radius 2 is 2.13 bits per heavy atom. The smallest absolute Gasteiger partial charge is 0.223 e. The number of rotatable bonds is 5. The highest BCUT2D eigenvalue weighted by Crippen LogP contribution is 2.23. The Balaban J connectivity index is 1.75. The van der Waals surface area contributed by atoms with Crippen LogP contribution in [0.2, 0.25) is 0 Å². The zero-order chi connectivity index (χ0) is 16.4. The van der Waals surface area contributed by atoms with E-state index in [0.29, 0.717) is 30.9 Å². The summed E-state index contributed by atoms with van der Waals surface area (Å²) in [6, 6.07) is 7.58. The highest BCUT2D eigenvalue weighted by molar-refractivity contribution is 5.80. The van der Waals surface area contributed by atoms with Gasteiger partial charge in [0.1, 0.15) is 0 Å². The van der Waals surface area contributed by atoms with E-state index in [4.69, 9.17) is 4.74 Å². The highest BCUT2D eigenvalue weighted by Gasteiger charge is 2.29. The van der Waals surface area contributed by atoms with Gasteiger partial charge >= 0.3 is 0 Å². The maximum atomic E-state index is 12.1. The Hall–Kier alpha value is -2.14. The van der Waals surface area contributed by atoms with Crippen LogP contribution in [-0.2, 0) is 16.0 Å². The van der Waals surface area contributed by atoms with Crippen molar-refractivity contribution in [1.82, 2.24) is 9.88 Å². The molecule has 0 saturated carbocycles. The van der Waals surface area contributed by atoms with Crippen molar-refractivity contribution in [2.45, 2.75) is 19.8 Å². The van der Waals surface area contributed by atoms with Gasteiger partial charge in [-0.25, -0.2) is 0 Å². The molecule has 5 heteroatoms. The van der Waals surface area contributed by atoms with E-state index in [9.17, 15) is 9.59 Å². The Kier molecular flexibility index (Phi) is 4.48. The van der Waals surface area contributed by atoms with Gasteiger partial charge in [0.2, 0.25) is 5.91 Å². The second-order valence-electron chi connectivity index (χ2n) is 6.30. The van der Waals surface area contributed by atoms with E-state index >= 15 is 0 Å². The first-order valence-corrected chi connectivity index (χ1v) is 7.96. The molecule has 1 fully saturated rings. The van der Waals surface area contributed by atoms with E-state index in [1.807, 2.05) is 30.0 Å². The number of hydrogen-bond acceptors (Lipinski definition) is 3. The van der Waals surface area contributed by atoms with Crippen molar-refractivity contribution in [3.8, 4) is 0 Å². The van der Waals surface area contributed by atoms with E-state index in [-0.39, 0.29) is 11.3 Å².